The van der Waals surface area contributed by atoms with Gasteiger partial charge in [-0.1, -0.05) is 61.5 Å². The number of amides is 1. The van der Waals surface area contributed by atoms with Gasteiger partial charge in [0.25, 0.3) is 5.91 Å². The maximum absolute atomic E-state index is 12.5. The summed E-state index contributed by atoms with van der Waals surface area (Å²) in [6.45, 7) is 4.58. The number of benzene rings is 2. The summed E-state index contributed by atoms with van der Waals surface area (Å²) in [5.74, 6) is 0.850. The molecule has 7 heteroatoms. The highest BCUT2D eigenvalue weighted by Crippen LogP contribution is 2.35. The fourth-order valence-electron chi connectivity index (χ4n) is 4.35. The lowest BCUT2D eigenvalue weighted by Crippen LogP contribution is -2.23. The normalized spacial score (nSPS) is 17.5. The molecule has 0 fully saturated rings. The molecule has 1 aliphatic rings. The molecule has 2 heterocycles. The number of anilines is 1. The smallest absolute Gasteiger partial charge is 0.251 e. The number of fused-ring (bicyclic) bond motifs is 1. The first kappa shape index (κ1) is 20.9. The first-order valence-corrected chi connectivity index (χ1v) is 11.1. The van der Waals surface area contributed by atoms with Gasteiger partial charge in [-0.3, -0.25) is 4.79 Å². The molecule has 0 saturated heterocycles. The van der Waals surface area contributed by atoms with Crippen LogP contribution in [-0.4, -0.2) is 25.7 Å². The van der Waals surface area contributed by atoms with Crippen molar-refractivity contribution in [1.29, 1.82) is 0 Å². The number of nitrogen functional groups attached to an aromatic ring is 1. The van der Waals surface area contributed by atoms with E-state index in [-0.39, 0.29) is 11.9 Å². The van der Waals surface area contributed by atoms with Crippen molar-refractivity contribution < 1.29 is 4.79 Å². The third-order valence-corrected chi connectivity index (χ3v) is 6.18. The molecule has 5 rings (SSSR count). The SMILES string of the molecule is Cc1ccccc1C(=O)NCc1ccc(-c2nn(C3C=CC(C)C3)c3ncnc(N)c23)cc1. The molecule has 0 spiro atoms. The number of aryl methyl sites for hydroxylation is 1. The summed E-state index contributed by atoms with van der Waals surface area (Å²) < 4.78 is 1.96. The Morgan fingerprint density at radius 2 is 1.91 bits per heavy atom. The lowest BCUT2D eigenvalue weighted by Gasteiger charge is -2.10. The second kappa shape index (κ2) is 8.50. The van der Waals surface area contributed by atoms with Crippen LogP contribution >= 0.6 is 0 Å². The van der Waals surface area contributed by atoms with Gasteiger partial charge in [0.1, 0.15) is 17.8 Å². The van der Waals surface area contributed by atoms with Gasteiger partial charge in [-0.05, 0) is 36.5 Å². The summed E-state index contributed by atoms with van der Waals surface area (Å²) in [4.78, 5) is 21.2. The van der Waals surface area contributed by atoms with Crippen LogP contribution in [0.4, 0.5) is 5.82 Å². The molecule has 4 aromatic rings. The fraction of sp³-hybridized carbons (Fsp3) is 0.231. The molecule has 0 radical (unpaired) electrons. The third-order valence-electron chi connectivity index (χ3n) is 6.18. The molecule has 2 unspecified atom stereocenters. The van der Waals surface area contributed by atoms with Crippen molar-refractivity contribution in [2.75, 3.05) is 5.73 Å². The fourth-order valence-corrected chi connectivity index (χ4v) is 4.35. The number of carbonyl (C=O) groups excluding carboxylic acids is 1. The lowest BCUT2D eigenvalue weighted by atomic mass is 10.1. The van der Waals surface area contributed by atoms with Crippen LogP contribution in [0, 0.1) is 12.8 Å². The predicted octanol–water partition coefficient (Wildman–Crippen LogP) is 4.45. The van der Waals surface area contributed by atoms with E-state index in [0.717, 1.165) is 39.8 Å². The zero-order valence-corrected chi connectivity index (χ0v) is 18.7. The van der Waals surface area contributed by atoms with E-state index in [2.05, 4.69) is 34.4 Å². The number of rotatable bonds is 5. The molecule has 2 atom stereocenters. The first-order chi connectivity index (χ1) is 16.0. The van der Waals surface area contributed by atoms with E-state index in [0.29, 0.717) is 23.8 Å². The van der Waals surface area contributed by atoms with Gasteiger partial charge in [-0.25, -0.2) is 14.6 Å². The number of carbonyl (C=O) groups is 1. The Balaban J connectivity index is 1.40. The Kier molecular flexibility index (Phi) is 5.38. The molecule has 7 nitrogen and oxygen atoms in total. The molecular weight excluding hydrogens is 412 g/mol. The van der Waals surface area contributed by atoms with E-state index in [4.69, 9.17) is 10.8 Å². The summed E-state index contributed by atoms with van der Waals surface area (Å²) in [7, 11) is 0. The number of hydrogen-bond acceptors (Lipinski definition) is 5. The van der Waals surface area contributed by atoms with Crippen molar-refractivity contribution in [2.45, 2.75) is 32.9 Å². The largest absolute Gasteiger partial charge is 0.383 e. The molecule has 1 amide bonds. The van der Waals surface area contributed by atoms with Gasteiger partial charge in [0, 0.05) is 17.7 Å². The van der Waals surface area contributed by atoms with Crippen LogP contribution in [-0.2, 0) is 6.54 Å². The number of aromatic nitrogens is 4. The highest BCUT2D eigenvalue weighted by Gasteiger charge is 2.24. The highest BCUT2D eigenvalue weighted by molar-refractivity contribution is 5.98. The van der Waals surface area contributed by atoms with Crippen molar-refractivity contribution in [3.8, 4) is 11.3 Å². The number of nitrogens with two attached hydrogens (primary N) is 1. The van der Waals surface area contributed by atoms with Crippen molar-refractivity contribution in [3.05, 3.63) is 83.7 Å². The van der Waals surface area contributed by atoms with Gasteiger partial charge < -0.3 is 11.1 Å². The van der Waals surface area contributed by atoms with Crippen LogP contribution < -0.4 is 11.1 Å². The lowest BCUT2D eigenvalue weighted by molar-refractivity contribution is 0.0950. The molecule has 0 saturated carbocycles. The molecule has 0 bridgehead atoms. The quantitative estimate of drug-likeness (QED) is 0.449. The summed E-state index contributed by atoms with van der Waals surface area (Å²) in [5, 5.41) is 8.67. The maximum Gasteiger partial charge on any atom is 0.251 e. The van der Waals surface area contributed by atoms with E-state index in [1.807, 2.05) is 60.1 Å². The summed E-state index contributed by atoms with van der Waals surface area (Å²) in [6.07, 6.45) is 6.86. The van der Waals surface area contributed by atoms with Crippen LogP contribution in [0.15, 0.2) is 67.0 Å². The first-order valence-electron chi connectivity index (χ1n) is 11.1. The molecule has 3 N–H and O–H groups in total. The zero-order chi connectivity index (χ0) is 22.9. The summed E-state index contributed by atoms with van der Waals surface area (Å²) in [5.41, 5.74) is 11.3. The number of nitrogens with one attached hydrogen (secondary N) is 1. The predicted molar refractivity (Wildman–Crippen MR) is 129 cm³/mol. The molecule has 1 aliphatic carbocycles. The minimum Gasteiger partial charge on any atom is -0.383 e. The zero-order valence-electron chi connectivity index (χ0n) is 18.7. The molecule has 166 valence electrons. The van der Waals surface area contributed by atoms with Gasteiger partial charge in [0.2, 0.25) is 0 Å². The van der Waals surface area contributed by atoms with Crippen LogP contribution in [0.1, 0.15) is 40.9 Å². The van der Waals surface area contributed by atoms with Crippen LogP contribution in [0.2, 0.25) is 0 Å². The van der Waals surface area contributed by atoms with E-state index < -0.39 is 0 Å². The number of hydrogen-bond donors (Lipinski definition) is 2. The Labute approximate surface area is 192 Å². The van der Waals surface area contributed by atoms with Crippen molar-refractivity contribution >= 4 is 22.8 Å². The molecule has 2 aromatic carbocycles. The average Bonchev–Trinajstić information content (AvgIpc) is 3.42. The second-order valence-electron chi connectivity index (χ2n) is 8.61. The Morgan fingerprint density at radius 1 is 1.12 bits per heavy atom. The highest BCUT2D eigenvalue weighted by atomic mass is 16.1. The maximum atomic E-state index is 12.5. The van der Waals surface area contributed by atoms with E-state index in [9.17, 15) is 4.79 Å². The van der Waals surface area contributed by atoms with E-state index >= 15 is 0 Å². The molecular formula is C26H26N6O. The van der Waals surface area contributed by atoms with E-state index in [1.54, 1.807) is 0 Å². The summed E-state index contributed by atoms with van der Waals surface area (Å²) >= 11 is 0. The minimum atomic E-state index is -0.0781. The van der Waals surface area contributed by atoms with Crippen LogP contribution in [0.25, 0.3) is 22.3 Å². The Bertz CT molecular complexity index is 1360. The second-order valence-corrected chi connectivity index (χ2v) is 8.61. The third kappa shape index (κ3) is 3.98. The standard InChI is InChI=1S/C26H26N6O/c1-16-7-12-20(13-16)32-25-22(24(27)29-15-30-25)23(31-32)19-10-8-18(9-11-19)14-28-26(33)21-6-4-3-5-17(21)2/h3-12,15-16,20H,13-14H2,1-2H3,(H,28,33)(H2,27,29,30). The van der Waals surface area contributed by atoms with Crippen LogP contribution in [0.5, 0.6) is 0 Å². The van der Waals surface area contributed by atoms with Gasteiger partial charge in [0.05, 0.1) is 11.4 Å². The molecule has 0 aliphatic heterocycles. The van der Waals surface area contributed by atoms with E-state index in [1.165, 1.54) is 6.33 Å². The van der Waals surface area contributed by atoms with Gasteiger partial charge >= 0.3 is 0 Å². The van der Waals surface area contributed by atoms with Crippen molar-refractivity contribution in [1.82, 2.24) is 25.1 Å². The topological polar surface area (TPSA) is 98.7 Å². The Hall–Kier alpha value is -4.00. The average molecular weight is 439 g/mol. The monoisotopic (exact) mass is 438 g/mol. The number of allylic oxidation sites excluding steroid dienone is 2. The molecule has 2 aromatic heterocycles. The Morgan fingerprint density at radius 3 is 2.64 bits per heavy atom. The molecule has 33 heavy (non-hydrogen) atoms. The van der Waals surface area contributed by atoms with Gasteiger partial charge in [-0.15, -0.1) is 0 Å². The number of nitrogens with zero attached hydrogens (tertiary/aromatic N) is 4. The van der Waals surface area contributed by atoms with Crippen molar-refractivity contribution in [2.24, 2.45) is 5.92 Å². The minimum absolute atomic E-state index is 0.0781. The summed E-state index contributed by atoms with van der Waals surface area (Å²) in [6, 6.07) is 15.7. The van der Waals surface area contributed by atoms with Gasteiger partial charge in [-0.2, -0.15) is 5.10 Å². The van der Waals surface area contributed by atoms with Crippen molar-refractivity contribution in [3.63, 3.8) is 0 Å². The van der Waals surface area contributed by atoms with Crippen LogP contribution in [0.3, 0.4) is 0 Å². The van der Waals surface area contributed by atoms with Gasteiger partial charge in [0.15, 0.2) is 5.65 Å².